The third-order valence-corrected chi connectivity index (χ3v) is 8.01. The predicted molar refractivity (Wildman–Crippen MR) is 124 cm³/mol. The van der Waals surface area contributed by atoms with Gasteiger partial charge in [0.15, 0.2) is 0 Å². The van der Waals surface area contributed by atoms with E-state index >= 15 is 0 Å². The van der Waals surface area contributed by atoms with Crippen molar-refractivity contribution < 1.29 is 22.7 Å². The number of nitrogens with one attached hydrogen (secondary N) is 1. The molecule has 176 valence electrons. The molecule has 0 aliphatic carbocycles. The summed E-state index contributed by atoms with van der Waals surface area (Å²) in [6.45, 7) is 4.40. The van der Waals surface area contributed by atoms with E-state index in [-0.39, 0.29) is 23.3 Å². The maximum absolute atomic E-state index is 13.1. The minimum Gasteiger partial charge on any atom is -0.378 e. The summed E-state index contributed by atoms with van der Waals surface area (Å²) in [6.07, 6.45) is 1.18. The number of sulfonamides is 1. The lowest BCUT2D eigenvalue weighted by Crippen LogP contribution is -2.44. The second kappa shape index (κ2) is 10.0. The van der Waals surface area contributed by atoms with Gasteiger partial charge in [-0.1, -0.05) is 29.8 Å². The van der Waals surface area contributed by atoms with Crippen molar-refractivity contribution in [2.75, 3.05) is 44.7 Å². The van der Waals surface area contributed by atoms with Crippen LogP contribution in [0.2, 0.25) is 0 Å². The third kappa shape index (κ3) is 5.26. The zero-order chi connectivity index (χ0) is 23.4. The monoisotopic (exact) mass is 471 g/mol. The number of nitrogens with zero attached hydrogens (tertiary/aromatic N) is 2. The van der Waals surface area contributed by atoms with Gasteiger partial charge in [-0.25, -0.2) is 8.42 Å². The number of amides is 2. The van der Waals surface area contributed by atoms with Gasteiger partial charge >= 0.3 is 0 Å². The number of para-hydroxylation sites is 1. The van der Waals surface area contributed by atoms with Gasteiger partial charge in [0.2, 0.25) is 15.9 Å². The molecule has 9 heteroatoms. The molecule has 0 bridgehead atoms. The molecular formula is C24H29N3O5S. The molecule has 33 heavy (non-hydrogen) atoms. The molecule has 2 saturated heterocycles. The van der Waals surface area contributed by atoms with Crippen LogP contribution in [-0.4, -0.2) is 68.8 Å². The van der Waals surface area contributed by atoms with Crippen LogP contribution >= 0.6 is 0 Å². The van der Waals surface area contributed by atoms with Crippen molar-refractivity contribution in [2.24, 2.45) is 5.92 Å². The van der Waals surface area contributed by atoms with Gasteiger partial charge in [-0.15, -0.1) is 0 Å². The SMILES string of the molecule is Cc1ccc(S(=O)(=O)N2CCCC(C(=O)Nc3ccccc3C(=O)N3CCOCC3)C2)cc1. The number of morpholine rings is 1. The lowest BCUT2D eigenvalue weighted by atomic mass is 9.98. The van der Waals surface area contributed by atoms with Gasteiger partial charge in [-0.3, -0.25) is 9.59 Å². The zero-order valence-electron chi connectivity index (χ0n) is 18.7. The number of anilines is 1. The van der Waals surface area contributed by atoms with Gasteiger partial charge < -0.3 is 15.0 Å². The van der Waals surface area contributed by atoms with Crippen LogP contribution in [-0.2, 0) is 19.6 Å². The Morgan fingerprint density at radius 2 is 1.70 bits per heavy atom. The summed E-state index contributed by atoms with van der Waals surface area (Å²) < 4.78 is 32.9. The average Bonchev–Trinajstić information content (AvgIpc) is 2.85. The Bertz CT molecular complexity index is 1110. The van der Waals surface area contributed by atoms with Crippen molar-refractivity contribution in [2.45, 2.75) is 24.7 Å². The Balaban J connectivity index is 1.47. The minimum absolute atomic E-state index is 0.113. The quantitative estimate of drug-likeness (QED) is 0.723. The van der Waals surface area contributed by atoms with E-state index in [4.69, 9.17) is 4.74 Å². The zero-order valence-corrected chi connectivity index (χ0v) is 19.5. The summed E-state index contributed by atoms with van der Waals surface area (Å²) in [6, 6.07) is 13.7. The molecule has 0 saturated carbocycles. The molecule has 2 fully saturated rings. The molecule has 1 N–H and O–H groups in total. The van der Waals surface area contributed by atoms with Gasteiger partial charge in [-0.2, -0.15) is 4.31 Å². The van der Waals surface area contributed by atoms with E-state index in [2.05, 4.69) is 5.32 Å². The molecule has 8 nitrogen and oxygen atoms in total. The molecule has 2 amide bonds. The number of aryl methyl sites for hydroxylation is 1. The van der Waals surface area contributed by atoms with E-state index in [9.17, 15) is 18.0 Å². The maximum atomic E-state index is 13.1. The van der Waals surface area contributed by atoms with E-state index in [1.165, 1.54) is 4.31 Å². The fourth-order valence-corrected chi connectivity index (χ4v) is 5.71. The van der Waals surface area contributed by atoms with E-state index in [0.717, 1.165) is 5.56 Å². The maximum Gasteiger partial charge on any atom is 0.256 e. The summed E-state index contributed by atoms with van der Waals surface area (Å²) in [5, 5.41) is 2.88. The molecule has 2 aliphatic rings. The highest BCUT2D eigenvalue weighted by molar-refractivity contribution is 7.89. The van der Waals surface area contributed by atoms with Crippen LogP contribution in [0, 0.1) is 12.8 Å². The Morgan fingerprint density at radius 3 is 2.42 bits per heavy atom. The molecule has 0 spiro atoms. The number of ether oxygens (including phenoxy) is 1. The van der Waals surface area contributed by atoms with Crippen molar-refractivity contribution in [3.05, 3.63) is 59.7 Å². The van der Waals surface area contributed by atoms with Crippen molar-refractivity contribution in [3.8, 4) is 0 Å². The summed E-state index contributed by atoms with van der Waals surface area (Å²) in [5.41, 5.74) is 1.85. The molecule has 4 rings (SSSR count). The Hall–Kier alpha value is -2.75. The molecule has 2 heterocycles. The van der Waals surface area contributed by atoms with Crippen molar-refractivity contribution >= 4 is 27.5 Å². The average molecular weight is 472 g/mol. The van der Waals surface area contributed by atoms with Crippen LogP contribution in [0.4, 0.5) is 5.69 Å². The normalized spacial score (nSPS) is 19.8. The molecule has 2 aliphatic heterocycles. The van der Waals surface area contributed by atoms with Gasteiger partial charge in [0.25, 0.3) is 5.91 Å². The summed E-state index contributed by atoms with van der Waals surface area (Å²) in [7, 11) is -3.67. The van der Waals surface area contributed by atoms with Crippen molar-refractivity contribution in [1.82, 2.24) is 9.21 Å². The highest BCUT2D eigenvalue weighted by atomic mass is 32.2. The van der Waals surface area contributed by atoms with Crippen molar-refractivity contribution in [1.29, 1.82) is 0 Å². The number of benzene rings is 2. The third-order valence-electron chi connectivity index (χ3n) is 6.13. The van der Waals surface area contributed by atoms with Crippen LogP contribution in [0.5, 0.6) is 0 Å². The van der Waals surface area contributed by atoms with Gasteiger partial charge in [0.1, 0.15) is 0 Å². The molecular weight excluding hydrogens is 442 g/mol. The Labute approximate surface area is 194 Å². The first-order valence-electron chi connectivity index (χ1n) is 11.2. The summed E-state index contributed by atoms with van der Waals surface area (Å²) in [5.74, 6) is -0.923. The van der Waals surface area contributed by atoms with Crippen LogP contribution < -0.4 is 5.32 Å². The topological polar surface area (TPSA) is 96.0 Å². The number of carbonyl (C=O) groups is 2. The second-order valence-electron chi connectivity index (χ2n) is 8.45. The van der Waals surface area contributed by atoms with Crippen LogP contribution in [0.25, 0.3) is 0 Å². The second-order valence-corrected chi connectivity index (χ2v) is 10.4. The molecule has 2 aromatic carbocycles. The number of hydrogen-bond donors (Lipinski definition) is 1. The van der Waals surface area contributed by atoms with E-state index in [0.29, 0.717) is 56.9 Å². The van der Waals surface area contributed by atoms with Crippen molar-refractivity contribution in [3.63, 3.8) is 0 Å². The first-order chi connectivity index (χ1) is 15.9. The standard InChI is InChI=1S/C24H29N3O5S/c1-18-8-10-20(11-9-18)33(30,31)27-12-4-5-19(17-27)23(28)25-22-7-3-2-6-21(22)24(29)26-13-15-32-16-14-26/h2-3,6-11,19H,4-5,12-17H2,1H3,(H,25,28). The van der Waals surface area contributed by atoms with Gasteiger partial charge in [0.05, 0.1) is 35.3 Å². The smallest absolute Gasteiger partial charge is 0.256 e. The van der Waals surface area contributed by atoms with E-state index < -0.39 is 15.9 Å². The van der Waals surface area contributed by atoms with E-state index in [1.54, 1.807) is 53.4 Å². The number of piperidine rings is 1. The summed E-state index contributed by atoms with van der Waals surface area (Å²) in [4.78, 5) is 28.0. The van der Waals surface area contributed by atoms with Gasteiger partial charge in [-0.05, 0) is 44.0 Å². The fraction of sp³-hybridized carbons (Fsp3) is 0.417. The van der Waals surface area contributed by atoms with Crippen LogP contribution in [0.15, 0.2) is 53.4 Å². The lowest BCUT2D eigenvalue weighted by Gasteiger charge is -2.31. The largest absolute Gasteiger partial charge is 0.378 e. The number of rotatable bonds is 5. The minimum atomic E-state index is -3.67. The fourth-order valence-electron chi connectivity index (χ4n) is 4.18. The first kappa shape index (κ1) is 23.4. The summed E-state index contributed by atoms with van der Waals surface area (Å²) >= 11 is 0. The van der Waals surface area contributed by atoms with Crippen LogP contribution in [0.3, 0.4) is 0 Å². The highest BCUT2D eigenvalue weighted by Crippen LogP contribution is 2.26. The lowest BCUT2D eigenvalue weighted by molar-refractivity contribution is -0.120. The highest BCUT2D eigenvalue weighted by Gasteiger charge is 2.34. The number of hydrogen-bond acceptors (Lipinski definition) is 5. The molecule has 1 unspecified atom stereocenters. The van der Waals surface area contributed by atoms with E-state index in [1.807, 2.05) is 6.92 Å². The molecule has 1 atom stereocenters. The predicted octanol–water partition coefficient (Wildman–Crippen LogP) is 2.51. The molecule has 0 radical (unpaired) electrons. The first-order valence-corrected chi connectivity index (χ1v) is 12.6. The number of carbonyl (C=O) groups excluding carboxylic acids is 2. The molecule has 0 aromatic heterocycles. The Morgan fingerprint density at radius 1 is 1.00 bits per heavy atom. The Kier molecular flexibility index (Phi) is 7.11. The van der Waals surface area contributed by atoms with Crippen LogP contribution in [0.1, 0.15) is 28.8 Å². The van der Waals surface area contributed by atoms with Gasteiger partial charge in [0, 0.05) is 26.2 Å². The molecule has 2 aromatic rings.